The molecule has 1 aliphatic carbocycles. The van der Waals surface area contributed by atoms with Gasteiger partial charge < -0.3 is 10.4 Å². The summed E-state index contributed by atoms with van der Waals surface area (Å²) in [6.45, 7) is 0. The van der Waals surface area contributed by atoms with Crippen LogP contribution in [-0.2, 0) is 5.41 Å². The van der Waals surface area contributed by atoms with Gasteiger partial charge in [0.25, 0.3) is 0 Å². The molecule has 0 atom stereocenters. The Morgan fingerprint density at radius 2 is 1.15 bits per heavy atom. The summed E-state index contributed by atoms with van der Waals surface area (Å²) in [5.74, 6) is 0. The number of pyridine rings is 1. The molecule has 1 heterocycles. The summed E-state index contributed by atoms with van der Waals surface area (Å²) in [5.41, 5.74) is 6.24. The van der Waals surface area contributed by atoms with Crippen LogP contribution in [0.3, 0.4) is 0 Å². The topological polar surface area (TPSA) is 78.1 Å². The minimum atomic E-state index is -0.630. The van der Waals surface area contributed by atoms with Crippen molar-refractivity contribution >= 4 is 11.4 Å². The molecule has 0 saturated heterocycles. The number of rotatable bonds is 6. The average Bonchev–Trinajstić information content (AvgIpc) is 3.17. The van der Waals surface area contributed by atoms with Crippen LogP contribution in [0.25, 0.3) is 11.3 Å². The highest BCUT2D eigenvalue weighted by atomic mass is 16.4. The molecule has 5 rings (SSSR count). The third-order valence-electron chi connectivity index (χ3n) is 6.41. The van der Waals surface area contributed by atoms with Gasteiger partial charge in [0.05, 0.1) is 17.1 Å². The molecule has 0 amide bonds. The molecule has 0 radical (unpaired) electrons. The monoisotopic (exact) mass is 433 g/mol. The zero-order chi connectivity index (χ0) is 22.7. The Morgan fingerprint density at radius 1 is 0.636 bits per heavy atom. The molecule has 2 N–H and O–H groups in total. The quantitative estimate of drug-likeness (QED) is 0.226. The lowest BCUT2D eigenvalue weighted by Crippen LogP contribution is -2.32. The number of fused-ring (bicyclic) bond motifs is 3. The zero-order valence-corrected chi connectivity index (χ0v) is 18.0. The Hall–Kier alpha value is -4.25. The van der Waals surface area contributed by atoms with Crippen molar-refractivity contribution in [3.8, 4) is 11.3 Å². The molecule has 162 valence electrons. The van der Waals surface area contributed by atoms with Crippen LogP contribution in [0.1, 0.15) is 35.1 Å². The molecule has 0 unspecified atom stereocenters. The summed E-state index contributed by atoms with van der Waals surface area (Å²) in [6, 6.07) is 31.5. The standard InChI is InChI=1S/C28H23N3O2/c32-30-25(20-10-3-1-4-11-20)18-28(19-26(31-33)21-12-5-2-6-13-21)23-15-8-7-14-22(23)27-24(28)16-9-17-29-27/h1-17,32-33H,18-19H2. The smallest absolute Gasteiger partial charge is 0.0880 e. The second kappa shape index (κ2) is 8.71. The fraction of sp³-hybridized carbons (Fsp3) is 0.107. The van der Waals surface area contributed by atoms with E-state index in [0.29, 0.717) is 24.3 Å². The van der Waals surface area contributed by atoms with Crippen molar-refractivity contribution in [2.45, 2.75) is 18.3 Å². The van der Waals surface area contributed by atoms with Gasteiger partial charge in [-0.05, 0) is 28.3 Å². The first-order valence-electron chi connectivity index (χ1n) is 10.8. The first-order chi connectivity index (χ1) is 16.3. The van der Waals surface area contributed by atoms with Crippen molar-refractivity contribution in [1.29, 1.82) is 0 Å². The maximum Gasteiger partial charge on any atom is 0.0880 e. The number of nitrogens with zero attached hydrogens (tertiary/aromatic N) is 3. The van der Waals surface area contributed by atoms with Crippen LogP contribution < -0.4 is 0 Å². The van der Waals surface area contributed by atoms with Crippen molar-refractivity contribution in [3.05, 3.63) is 126 Å². The molecule has 0 fully saturated rings. The van der Waals surface area contributed by atoms with E-state index in [1.807, 2.05) is 78.9 Å². The van der Waals surface area contributed by atoms with Crippen LogP contribution in [0.4, 0.5) is 0 Å². The van der Waals surface area contributed by atoms with Crippen molar-refractivity contribution in [2.75, 3.05) is 0 Å². The Morgan fingerprint density at radius 3 is 1.73 bits per heavy atom. The summed E-state index contributed by atoms with van der Waals surface area (Å²) >= 11 is 0. The average molecular weight is 434 g/mol. The molecular weight excluding hydrogens is 410 g/mol. The summed E-state index contributed by atoms with van der Waals surface area (Å²) < 4.78 is 0. The predicted molar refractivity (Wildman–Crippen MR) is 129 cm³/mol. The Kier molecular flexibility index (Phi) is 5.45. The zero-order valence-electron chi connectivity index (χ0n) is 18.0. The van der Waals surface area contributed by atoms with Crippen LogP contribution in [0.15, 0.2) is 114 Å². The largest absolute Gasteiger partial charge is 0.411 e. The van der Waals surface area contributed by atoms with Crippen LogP contribution in [0, 0.1) is 0 Å². The lowest BCUT2D eigenvalue weighted by Gasteiger charge is -2.32. The number of hydrogen-bond donors (Lipinski definition) is 2. The molecule has 1 aliphatic rings. The number of hydrogen-bond acceptors (Lipinski definition) is 5. The highest BCUT2D eigenvalue weighted by Gasteiger charge is 2.46. The van der Waals surface area contributed by atoms with Gasteiger partial charge in [0.1, 0.15) is 0 Å². The van der Waals surface area contributed by atoms with Crippen LogP contribution in [0.5, 0.6) is 0 Å². The van der Waals surface area contributed by atoms with E-state index in [2.05, 4.69) is 28.5 Å². The van der Waals surface area contributed by atoms with Gasteiger partial charge in [0.15, 0.2) is 0 Å². The van der Waals surface area contributed by atoms with E-state index in [-0.39, 0.29) is 0 Å². The van der Waals surface area contributed by atoms with E-state index in [0.717, 1.165) is 33.5 Å². The maximum atomic E-state index is 10.1. The molecule has 4 aromatic rings. The number of benzene rings is 3. The minimum Gasteiger partial charge on any atom is -0.411 e. The van der Waals surface area contributed by atoms with Crippen LogP contribution >= 0.6 is 0 Å². The fourth-order valence-electron chi connectivity index (χ4n) is 4.92. The van der Waals surface area contributed by atoms with E-state index >= 15 is 0 Å². The Balaban J connectivity index is 1.72. The van der Waals surface area contributed by atoms with Gasteiger partial charge in [-0.25, -0.2) is 0 Å². The van der Waals surface area contributed by atoms with E-state index in [4.69, 9.17) is 4.98 Å². The predicted octanol–water partition coefficient (Wildman–Crippen LogP) is 5.89. The van der Waals surface area contributed by atoms with Crippen LogP contribution in [-0.4, -0.2) is 26.8 Å². The van der Waals surface area contributed by atoms with Crippen LogP contribution in [0.2, 0.25) is 0 Å². The lowest BCUT2D eigenvalue weighted by molar-refractivity contribution is 0.314. The van der Waals surface area contributed by atoms with E-state index in [1.54, 1.807) is 6.20 Å². The van der Waals surface area contributed by atoms with Gasteiger partial charge in [-0.1, -0.05) is 101 Å². The molecule has 33 heavy (non-hydrogen) atoms. The molecule has 3 aromatic carbocycles. The number of oxime groups is 2. The summed E-state index contributed by atoms with van der Waals surface area (Å²) in [4.78, 5) is 4.70. The van der Waals surface area contributed by atoms with E-state index < -0.39 is 5.41 Å². The van der Waals surface area contributed by atoms with Gasteiger partial charge in [-0.2, -0.15) is 0 Å². The summed E-state index contributed by atoms with van der Waals surface area (Å²) in [7, 11) is 0. The first kappa shape index (κ1) is 20.6. The van der Waals surface area contributed by atoms with E-state index in [1.165, 1.54) is 0 Å². The summed E-state index contributed by atoms with van der Waals surface area (Å²) in [6.07, 6.45) is 2.62. The molecule has 5 heteroatoms. The minimum absolute atomic E-state index is 0.412. The third kappa shape index (κ3) is 3.57. The molecule has 5 nitrogen and oxygen atoms in total. The molecule has 1 aromatic heterocycles. The van der Waals surface area contributed by atoms with Gasteiger partial charge in [-0.3, -0.25) is 4.98 Å². The second-order valence-corrected chi connectivity index (χ2v) is 8.21. The molecule has 0 saturated carbocycles. The molecule has 0 bridgehead atoms. The lowest BCUT2D eigenvalue weighted by atomic mass is 9.69. The third-order valence-corrected chi connectivity index (χ3v) is 6.41. The van der Waals surface area contributed by atoms with Crippen molar-refractivity contribution in [3.63, 3.8) is 0 Å². The van der Waals surface area contributed by atoms with E-state index in [9.17, 15) is 10.4 Å². The SMILES string of the molecule is ON=C(CC1(CC(=NO)c2ccccc2)c2ccccc2-c2ncccc21)c1ccccc1. The first-order valence-corrected chi connectivity index (χ1v) is 10.8. The Bertz CT molecular complexity index is 1230. The molecule has 0 spiro atoms. The number of aromatic nitrogens is 1. The van der Waals surface area contributed by atoms with Crippen molar-refractivity contribution in [2.24, 2.45) is 10.3 Å². The van der Waals surface area contributed by atoms with Gasteiger partial charge in [0, 0.05) is 30.0 Å². The highest BCUT2D eigenvalue weighted by molar-refractivity contribution is 6.05. The normalized spacial score (nSPS) is 17.5. The van der Waals surface area contributed by atoms with Crippen molar-refractivity contribution < 1.29 is 10.4 Å². The highest BCUT2D eigenvalue weighted by Crippen LogP contribution is 2.52. The fourth-order valence-corrected chi connectivity index (χ4v) is 4.92. The van der Waals surface area contributed by atoms with Gasteiger partial charge in [-0.15, -0.1) is 0 Å². The van der Waals surface area contributed by atoms with Gasteiger partial charge >= 0.3 is 0 Å². The van der Waals surface area contributed by atoms with Gasteiger partial charge in [0.2, 0.25) is 0 Å². The maximum absolute atomic E-state index is 10.1. The summed E-state index contributed by atoms with van der Waals surface area (Å²) in [5, 5.41) is 27.5. The second-order valence-electron chi connectivity index (χ2n) is 8.21. The van der Waals surface area contributed by atoms with Crippen molar-refractivity contribution in [1.82, 2.24) is 4.98 Å². The molecule has 0 aliphatic heterocycles. The Labute approximate surface area is 192 Å². The molecular formula is C28H23N3O2.